The zero-order chi connectivity index (χ0) is 13.4. The number of pyridine rings is 2. The van der Waals surface area contributed by atoms with Gasteiger partial charge in [-0.15, -0.1) is 0 Å². The van der Waals surface area contributed by atoms with Crippen LogP contribution in [0, 0.1) is 6.92 Å². The molecule has 0 saturated heterocycles. The summed E-state index contributed by atoms with van der Waals surface area (Å²) in [4.78, 5) is 12.9. The number of hydrogen-bond donors (Lipinski definition) is 1. The molecule has 0 aliphatic heterocycles. The molecular weight excluding hydrogens is 262 g/mol. The minimum absolute atomic E-state index is 0.412. The molecule has 0 amide bonds. The first-order valence-corrected chi connectivity index (χ1v) is 6.20. The number of aryl methyl sites for hydroxylation is 1. The van der Waals surface area contributed by atoms with Crippen LogP contribution in [0.4, 0.5) is 5.95 Å². The number of aromatic nitrogens is 4. The lowest BCUT2D eigenvalue weighted by atomic mass is 10.2. The highest BCUT2D eigenvalue weighted by molar-refractivity contribution is 6.31. The van der Waals surface area contributed by atoms with Crippen LogP contribution in [0.25, 0.3) is 11.2 Å². The van der Waals surface area contributed by atoms with Crippen molar-refractivity contribution in [2.24, 2.45) is 0 Å². The Hall–Kier alpha value is -2.14. The Morgan fingerprint density at radius 1 is 1.37 bits per heavy atom. The number of nitrogens with two attached hydrogens (primary N) is 1. The number of halogens is 1. The van der Waals surface area contributed by atoms with Gasteiger partial charge in [-0.3, -0.25) is 9.55 Å². The van der Waals surface area contributed by atoms with Gasteiger partial charge < -0.3 is 5.73 Å². The normalized spacial score (nSPS) is 11.1. The van der Waals surface area contributed by atoms with Crippen molar-refractivity contribution in [1.29, 1.82) is 0 Å². The van der Waals surface area contributed by atoms with Gasteiger partial charge in [0.25, 0.3) is 0 Å². The molecule has 6 heteroatoms. The molecule has 19 heavy (non-hydrogen) atoms. The SMILES string of the molecule is Cc1cccnc1Cn1c(N)nc2cc(Cl)cnc21. The fourth-order valence-electron chi connectivity index (χ4n) is 1.99. The molecule has 3 heterocycles. The minimum Gasteiger partial charge on any atom is -0.369 e. The number of fused-ring (bicyclic) bond motifs is 1. The van der Waals surface area contributed by atoms with E-state index in [1.165, 1.54) is 0 Å². The predicted molar refractivity (Wildman–Crippen MR) is 75.0 cm³/mol. The maximum Gasteiger partial charge on any atom is 0.202 e. The summed E-state index contributed by atoms with van der Waals surface area (Å²) in [6.07, 6.45) is 3.36. The molecule has 0 saturated carbocycles. The molecule has 0 spiro atoms. The third kappa shape index (κ3) is 2.13. The number of rotatable bonds is 2. The van der Waals surface area contributed by atoms with Crippen LogP contribution in [-0.4, -0.2) is 19.5 Å². The monoisotopic (exact) mass is 273 g/mol. The second kappa shape index (κ2) is 4.51. The van der Waals surface area contributed by atoms with Crippen LogP contribution in [0.15, 0.2) is 30.6 Å². The molecule has 0 fully saturated rings. The van der Waals surface area contributed by atoms with Crippen molar-refractivity contribution in [3.8, 4) is 0 Å². The molecule has 0 aliphatic carbocycles. The molecule has 3 aromatic rings. The van der Waals surface area contributed by atoms with E-state index < -0.39 is 0 Å². The largest absolute Gasteiger partial charge is 0.369 e. The molecule has 0 aromatic carbocycles. The van der Waals surface area contributed by atoms with Crippen LogP contribution in [-0.2, 0) is 6.54 Å². The standard InChI is InChI=1S/C13H12ClN5/c1-8-3-2-4-16-11(8)7-19-12-10(18-13(19)15)5-9(14)6-17-12/h2-6H,7H2,1H3,(H2,15,18). The van der Waals surface area contributed by atoms with Crippen LogP contribution >= 0.6 is 11.6 Å². The number of nitrogens with zero attached hydrogens (tertiary/aromatic N) is 4. The zero-order valence-electron chi connectivity index (χ0n) is 10.3. The summed E-state index contributed by atoms with van der Waals surface area (Å²) in [5.74, 6) is 0.412. The van der Waals surface area contributed by atoms with E-state index in [1.807, 2.05) is 23.6 Å². The number of hydrogen-bond acceptors (Lipinski definition) is 4. The van der Waals surface area contributed by atoms with Gasteiger partial charge in [0, 0.05) is 12.4 Å². The Balaban J connectivity index is 2.10. The van der Waals surface area contributed by atoms with Gasteiger partial charge in [-0.05, 0) is 24.6 Å². The van der Waals surface area contributed by atoms with Gasteiger partial charge in [0.1, 0.15) is 5.52 Å². The molecule has 96 valence electrons. The van der Waals surface area contributed by atoms with Crippen molar-refractivity contribution < 1.29 is 0 Å². The summed E-state index contributed by atoms with van der Waals surface area (Å²) in [5, 5.41) is 0.547. The van der Waals surface area contributed by atoms with Crippen LogP contribution in [0.5, 0.6) is 0 Å². The first kappa shape index (κ1) is 11.9. The fourth-order valence-corrected chi connectivity index (χ4v) is 2.15. The van der Waals surface area contributed by atoms with Gasteiger partial charge in [-0.2, -0.15) is 0 Å². The minimum atomic E-state index is 0.412. The highest BCUT2D eigenvalue weighted by Crippen LogP contribution is 2.20. The molecule has 5 nitrogen and oxygen atoms in total. The molecule has 0 atom stereocenters. The lowest BCUT2D eigenvalue weighted by molar-refractivity contribution is 0.793. The van der Waals surface area contributed by atoms with E-state index >= 15 is 0 Å². The topological polar surface area (TPSA) is 69.6 Å². The zero-order valence-corrected chi connectivity index (χ0v) is 11.1. The van der Waals surface area contributed by atoms with Crippen molar-refractivity contribution in [3.63, 3.8) is 0 Å². The Morgan fingerprint density at radius 2 is 2.21 bits per heavy atom. The fraction of sp³-hybridized carbons (Fsp3) is 0.154. The molecule has 3 aromatic heterocycles. The van der Waals surface area contributed by atoms with E-state index in [-0.39, 0.29) is 0 Å². The number of imidazole rings is 1. The maximum atomic E-state index is 5.94. The van der Waals surface area contributed by atoms with Crippen molar-refractivity contribution >= 4 is 28.7 Å². The van der Waals surface area contributed by atoms with Crippen LogP contribution in [0.3, 0.4) is 0 Å². The average Bonchev–Trinajstić information content (AvgIpc) is 2.68. The summed E-state index contributed by atoms with van der Waals surface area (Å²) in [6.45, 7) is 2.56. The van der Waals surface area contributed by atoms with Crippen LogP contribution in [0.2, 0.25) is 5.02 Å². The lowest BCUT2D eigenvalue weighted by Crippen LogP contribution is -2.07. The molecule has 0 bridgehead atoms. The Labute approximate surface area is 115 Å². The summed E-state index contributed by atoms with van der Waals surface area (Å²) in [7, 11) is 0. The lowest BCUT2D eigenvalue weighted by Gasteiger charge is -2.07. The summed E-state index contributed by atoms with van der Waals surface area (Å²) >= 11 is 5.90. The Morgan fingerprint density at radius 3 is 3.00 bits per heavy atom. The summed E-state index contributed by atoms with van der Waals surface area (Å²) in [6, 6.07) is 5.68. The number of anilines is 1. The van der Waals surface area contributed by atoms with Crippen molar-refractivity contribution in [3.05, 3.63) is 46.9 Å². The highest BCUT2D eigenvalue weighted by Gasteiger charge is 2.11. The molecule has 2 N–H and O–H groups in total. The van der Waals surface area contributed by atoms with Crippen LogP contribution < -0.4 is 5.73 Å². The first-order valence-electron chi connectivity index (χ1n) is 5.83. The molecular formula is C13H12ClN5. The third-order valence-corrected chi connectivity index (χ3v) is 3.21. The third-order valence-electron chi connectivity index (χ3n) is 3.01. The van der Waals surface area contributed by atoms with E-state index in [2.05, 4.69) is 15.0 Å². The molecule has 0 radical (unpaired) electrons. The maximum absolute atomic E-state index is 5.94. The van der Waals surface area contributed by atoms with E-state index in [0.717, 1.165) is 11.3 Å². The molecule has 0 unspecified atom stereocenters. The number of nitrogen functional groups attached to an aromatic ring is 1. The molecule has 3 rings (SSSR count). The van der Waals surface area contributed by atoms with Gasteiger partial charge in [-0.25, -0.2) is 9.97 Å². The van der Waals surface area contributed by atoms with Crippen molar-refractivity contribution in [2.75, 3.05) is 5.73 Å². The first-order chi connectivity index (χ1) is 9.15. The van der Waals surface area contributed by atoms with Gasteiger partial charge in [0.2, 0.25) is 5.95 Å². The Kier molecular flexibility index (Phi) is 2.83. The van der Waals surface area contributed by atoms with Gasteiger partial charge in [0.15, 0.2) is 5.65 Å². The average molecular weight is 274 g/mol. The van der Waals surface area contributed by atoms with Gasteiger partial charge in [0.05, 0.1) is 17.3 Å². The smallest absolute Gasteiger partial charge is 0.202 e. The highest BCUT2D eigenvalue weighted by atomic mass is 35.5. The molecule has 0 aliphatic rings. The quantitative estimate of drug-likeness (QED) is 0.778. The summed E-state index contributed by atoms with van der Waals surface area (Å²) < 4.78 is 1.83. The van der Waals surface area contributed by atoms with Gasteiger partial charge >= 0.3 is 0 Å². The van der Waals surface area contributed by atoms with E-state index in [9.17, 15) is 0 Å². The summed E-state index contributed by atoms with van der Waals surface area (Å²) in [5.41, 5.74) is 9.41. The van der Waals surface area contributed by atoms with Gasteiger partial charge in [-0.1, -0.05) is 17.7 Å². The predicted octanol–water partition coefficient (Wildman–Crippen LogP) is 2.42. The van der Waals surface area contributed by atoms with E-state index in [0.29, 0.717) is 28.7 Å². The van der Waals surface area contributed by atoms with Crippen molar-refractivity contribution in [1.82, 2.24) is 19.5 Å². The van der Waals surface area contributed by atoms with Crippen molar-refractivity contribution in [2.45, 2.75) is 13.5 Å². The Bertz CT molecular complexity index is 750. The van der Waals surface area contributed by atoms with E-state index in [1.54, 1.807) is 18.5 Å². The van der Waals surface area contributed by atoms with Crippen LogP contribution in [0.1, 0.15) is 11.3 Å². The van der Waals surface area contributed by atoms with E-state index in [4.69, 9.17) is 17.3 Å². The second-order valence-corrected chi connectivity index (χ2v) is 4.76. The second-order valence-electron chi connectivity index (χ2n) is 4.32.